The van der Waals surface area contributed by atoms with Gasteiger partial charge in [-0.2, -0.15) is 4.31 Å². The topological polar surface area (TPSA) is 66.5 Å². The maximum absolute atomic E-state index is 12.8. The van der Waals surface area contributed by atoms with Crippen molar-refractivity contribution >= 4 is 37.5 Å². The van der Waals surface area contributed by atoms with Crippen molar-refractivity contribution in [2.45, 2.75) is 4.90 Å². The number of rotatable bonds is 5. The predicted molar refractivity (Wildman–Crippen MR) is 89.0 cm³/mol. The molecule has 122 valence electrons. The first kappa shape index (κ1) is 17.6. The molecular formula is C15H14BrFN2O3S. The Bertz CT molecular complexity index is 792. The molecule has 0 bridgehead atoms. The Morgan fingerprint density at radius 3 is 2.26 bits per heavy atom. The van der Waals surface area contributed by atoms with Crippen molar-refractivity contribution in [1.82, 2.24) is 4.31 Å². The number of hydrogen-bond acceptors (Lipinski definition) is 3. The Labute approximate surface area is 142 Å². The zero-order valence-corrected chi connectivity index (χ0v) is 14.6. The van der Waals surface area contributed by atoms with E-state index in [2.05, 4.69) is 21.2 Å². The molecule has 0 saturated carbocycles. The second kappa shape index (κ2) is 7.20. The fourth-order valence-electron chi connectivity index (χ4n) is 1.81. The monoisotopic (exact) mass is 400 g/mol. The van der Waals surface area contributed by atoms with Crippen LogP contribution in [0.2, 0.25) is 0 Å². The Balaban J connectivity index is 2.05. The number of carbonyl (C=O) groups is 1. The summed E-state index contributed by atoms with van der Waals surface area (Å²) in [5.74, 6) is -0.933. The Hall–Kier alpha value is -1.77. The molecule has 2 aromatic carbocycles. The summed E-state index contributed by atoms with van der Waals surface area (Å²) >= 11 is 3.23. The minimum Gasteiger partial charge on any atom is -0.325 e. The fourth-order valence-corrected chi connectivity index (χ4v) is 3.20. The van der Waals surface area contributed by atoms with Gasteiger partial charge in [-0.05, 0) is 48.5 Å². The van der Waals surface area contributed by atoms with Gasteiger partial charge < -0.3 is 5.32 Å². The Morgan fingerprint density at radius 2 is 1.70 bits per heavy atom. The lowest BCUT2D eigenvalue weighted by atomic mass is 10.3. The van der Waals surface area contributed by atoms with Crippen molar-refractivity contribution in [2.75, 3.05) is 18.9 Å². The number of anilines is 1. The van der Waals surface area contributed by atoms with Gasteiger partial charge in [0.2, 0.25) is 15.9 Å². The number of hydrogen-bond donors (Lipinski definition) is 1. The lowest BCUT2D eigenvalue weighted by Gasteiger charge is -2.17. The molecule has 2 aromatic rings. The highest BCUT2D eigenvalue weighted by molar-refractivity contribution is 9.10. The van der Waals surface area contributed by atoms with Crippen LogP contribution in [0.25, 0.3) is 0 Å². The van der Waals surface area contributed by atoms with Gasteiger partial charge >= 0.3 is 0 Å². The molecule has 1 amide bonds. The quantitative estimate of drug-likeness (QED) is 0.838. The van der Waals surface area contributed by atoms with Gasteiger partial charge in [-0.25, -0.2) is 12.8 Å². The van der Waals surface area contributed by atoms with Crippen LogP contribution in [0.15, 0.2) is 57.9 Å². The summed E-state index contributed by atoms with van der Waals surface area (Å²) in [5.41, 5.74) is 0.394. The van der Waals surface area contributed by atoms with E-state index in [0.717, 1.165) is 8.78 Å². The maximum atomic E-state index is 12.8. The number of nitrogens with one attached hydrogen (secondary N) is 1. The summed E-state index contributed by atoms with van der Waals surface area (Å²) in [6, 6.07) is 11.3. The summed E-state index contributed by atoms with van der Waals surface area (Å²) in [5, 5.41) is 2.51. The molecule has 0 spiro atoms. The lowest BCUT2D eigenvalue weighted by molar-refractivity contribution is -0.116. The van der Waals surface area contributed by atoms with Crippen LogP contribution in [0.3, 0.4) is 0 Å². The van der Waals surface area contributed by atoms with Crippen LogP contribution in [-0.2, 0) is 14.8 Å². The average Bonchev–Trinajstić information content (AvgIpc) is 2.50. The van der Waals surface area contributed by atoms with E-state index in [9.17, 15) is 17.6 Å². The molecule has 0 aliphatic rings. The molecule has 0 radical (unpaired) electrons. The minimum absolute atomic E-state index is 0.0952. The predicted octanol–water partition coefficient (Wildman–Crippen LogP) is 2.85. The molecule has 0 atom stereocenters. The van der Waals surface area contributed by atoms with E-state index in [1.165, 1.54) is 43.4 Å². The van der Waals surface area contributed by atoms with E-state index >= 15 is 0 Å². The van der Waals surface area contributed by atoms with Gasteiger partial charge in [-0.15, -0.1) is 0 Å². The van der Waals surface area contributed by atoms with Gasteiger partial charge in [0.05, 0.1) is 11.4 Å². The Kier molecular flexibility index (Phi) is 5.51. The molecule has 23 heavy (non-hydrogen) atoms. The van der Waals surface area contributed by atoms with Gasteiger partial charge in [-0.3, -0.25) is 4.79 Å². The van der Waals surface area contributed by atoms with E-state index < -0.39 is 21.7 Å². The summed E-state index contributed by atoms with van der Waals surface area (Å²) in [6.45, 7) is -0.351. The van der Waals surface area contributed by atoms with Crippen LogP contribution in [0.4, 0.5) is 10.1 Å². The number of likely N-dealkylation sites (N-methyl/N-ethyl adjacent to an activating group) is 1. The SMILES string of the molecule is CN(CC(=O)Nc1ccc(F)cc1)S(=O)(=O)c1ccc(Br)cc1. The number of nitrogens with zero attached hydrogens (tertiary/aromatic N) is 1. The average molecular weight is 401 g/mol. The molecule has 0 saturated heterocycles. The maximum Gasteiger partial charge on any atom is 0.243 e. The van der Waals surface area contributed by atoms with Crippen LogP contribution in [0.5, 0.6) is 0 Å². The second-order valence-corrected chi connectivity index (χ2v) is 7.73. The second-order valence-electron chi connectivity index (χ2n) is 4.77. The van der Waals surface area contributed by atoms with Crippen molar-refractivity contribution in [2.24, 2.45) is 0 Å². The fraction of sp³-hybridized carbons (Fsp3) is 0.133. The number of benzene rings is 2. The zero-order chi connectivity index (χ0) is 17.0. The highest BCUT2D eigenvalue weighted by Crippen LogP contribution is 2.18. The number of carbonyl (C=O) groups excluding carboxylic acids is 1. The summed E-state index contributed by atoms with van der Waals surface area (Å²) in [4.78, 5) is 12.0. The standard InChI is InChI=1S/C15H14BrFN2O3S/c1-19(23(21,22)14-8-2-11(16)3-9-14)10-15(20)18-13-6-4-12(17)5-7-13/h2-9H,10H2,1H3,(H,18,20). The van der Waals surface area contributed by atoms with Gasteiger partial charge in [-0.1, -0.05) is 15.9 Å². The summed E-state index contributed by atoms with van der Waals surface area (Å²) in [7, 11) is -2.44. The van der Waals surface area contributed by atoms with E-state index in [4.69, 9.17) is 0 Å². The lowest BCUT2D eigenvalue weighted by Crippen LogP contribution is -2.34. The molecule has 0 aromatic heterocycles. The third kappa shape index (κ3) is 4.60. The number of amides is 1. The van der Waals surface area contributed by atoms with Crippen molar-refractivity contribution in [3.8, 4) is 0 Å². The van der Waals surface area contributed by atoms with Gasteiger partial charge in [0, 0.05) is 17.2 Å². The normalized spacial score (nSPS) is 11.5. The molecule has 0 aliphatic heterocycles. The van der Waals surface area contributed by atoms with Crippen molar-refractivity contribution in [1.29, 1.82) is 0 Å². The molecular weight excluding hydrogens is 387 g/mol. The van der Waals surface area contributed by atoms with Crippen molar-refractivity contribution in [3.63, 3.8) is 0 Å². The van der Waals surface area contributed by atoms with Gasteiger partial charge in [0.25, 0.3) is 0 Å². The molecule has 0 heterocycles. The highest BCUT2D eigenvalue weighted by atomic mass is 79.9. The summed E-state index contributed by atoms with van der Waals surface area (Å²) < 4.78 is 39.2. The van der Waals surface area contributed by atoms with Crippen LogP contribution < -0.4 is 5.32 Å². The number of sulfonamides is 1. The third-order valence-electron chi connectivity index (χ3n) is 3.02. The number of halogens is 2. The smallest absolute Gasteiger partial charge is 0.243 e. The van der Waals surface area contributed by atoms with E-state index in [1.807, 2.05) is 0 Å². The van der Waals surface area contributed by atoms with Gasteiger partial charge in [0.1, 0.15) is 5.82 Å². The molecule has 8 heteroatoms. The third-order valence-corrected chi connectivity index (χ3v) is 5.36. The van der Waals surface area contributed by atoms with Crippen LogP contribution in [0.1, 0.15) is 0 Å². The molecule has 5 nitrogen and oxygen atoms in total. The minimum atomic E-state index is -3.76. The largest absolute Gasteiger partial charge is 0.325 e. The summed E-state index contributed by atoms with van der Waals surface area (Å²) in [6.07, 6.45) is 0. The van der Waals surface area contributed by atoms with Gasteiger partial charge in [0.15, 0.2) is 0 Å². The molecule has 0 aliphatic carbocycles. The molecule has 2 rings (SSSR count). The first-order valence-electron chi connectivity index (χ1n) is 6.56. The molecule has 0 fully saturated rings. The molecule has 0 unspecified atom stereocenters. The highest BCUT2D eigenvalue weighted by Gasteiger charge is 2.22. The van der Waals surface area contributed by atoms with E-state index in [0.29, 0.717) is 5.69 Å². The van der Waals surface area contributed by atoms with Crippen LogP contribution >= 0.6 is 15.9 Å². The first-order valence-corrected chi connectivity index (χ1v) is 8.79. The van der Waals surface area contributed by atoms with Crippen LogP contribution in [-0.4, -0.2) is 32.2 Å². The van der Waals surface area contributed by atoms with E-state index in [-0.39, 0.29) is 11.4 Å². The Morgan fingerprint density at radius 1 is 1.13 bits per heavy atom. The zero-order valence-electron chi connectivity index (χ0n) is 12.2. The molecule has 1 N–H and O–H groups in total. The van der Waals surface area contributed by atoms with E-state index in [1.54, 1.807) is 12.1 Å². The van der Waals surface area contributed by atoms with Crippen molar-refractivity contribution in [3.05, 3.63) is 58.8 Å². The first-order chi connectivity index (χ1) is 10.8. The van der Waals surface area contributed by atoms with Crippen molar-refractivity contribution < 1.29 is 17.6 Å². The van der Waals surface area contributed by atoms with Crippen LogP contribution in [0, 0.1) is 5.82 Å².